The van der Waals surface area contributed by atoms with Crippen LogP contribution in [0.2, 0.25) is 19.6 Å². The zero-order valence-corrected chi connectivity index (χ0v) is 49.5. The molecule has 2 atom stereocenters. The number of anilines is 8. The Morgan fingerprint density at radius 3 is 1.47 bits per heavy atom. The maximum atomic E-state index is 2.83. The van der Waals surface area contributed by atoms with Gasteiger partial charge in [-0.1, -0.05) is 96.5 Å². The molecule has 79 heavy (non-hydrogen) atoms. The fourth-order valence-electron chi connectivity index (χ4n) is 15.5. The fraction of sp³-hybridized carbons (Fsp3) is 0.270. The van der Waals surface area contributed by atoms with Crippen LogP contribution in [0.4, 0.5) is 45.5 Å². The van der Waals surface area contributed by atoms with Crippen LogP contribution in [0.1, 0.15) is 120 Å². The second-order valence-corrected chi connectivity index (χ2v) is 33.5. The zero-order chi connectivity index (χ0) is 54.6. The van der Waals surface area contributed by atoms with Gasteiger partial charge in [0.05, 0.1) is 0 Å². The summed E-state index contributed by atoms with van der Waals surface area (Å²) in [6.45, 7) is 26.9. The van der Waals surface area contributed by atoms with Crippen molar-refractivity contribution in [1.29, 1.82) is 0 Å². The SMILES string of the molecule is CC(C)(C)c1cc(N2c3cc(N4c5ccc(-c6ccccc6)cc5C5(C)CCCCC45C)cc4c3B3c5c(cccc5C(c5ccccc5)(c5ccccc5)c5cccc2c53)N4c2ccc([SiH-](C)(C)C)cc2)cc(C(C)(C)C)c1. The average Bonchev–Trinajstić information content (AvgIpc) is 3.73. The van der Waals surface area contributed by atoms with Gasteiger partial charge in [0.15, 0.2) is 0 Å². The first-order valence-corrected chi connectivity index (χ1v) is 33.6. The smallest absolute Gasteiger partial charge is 0.0561 e. The van der Waals surface area contributed by atoms with Gasteiger partial charge >= 0.3 is 356 Å². The van der Waals surface area contributed by atoms with E-state index in [2.05, 4.69) is 290 Å². The molecule has 1 saturated carbocycles. The Kier molecular flexibility index (Phi) is 11.0. The first-order valence-electron chi connectivity index (χ1n) is 29.5. The Morgan fingerprint density at radius 1 is 0.418 bits per heavy atom. The second kappa shape index (κ2) is 17.3. The van der Waals surface area contributed by atoms with Crippen LogP contribution in [0.5, 0.6) is 0 Å². The Hall–Kier alpha value is -7.34. The molecule has 4 heterocycles. The standard InChI is InChI=1S/C74H75BN3Si/c1-70(2,3)53-44-54(71(4,5)6)46-56(45-53)77-64-34-24-32-60-68(64)75-67-59(74(60,51-27-17-13-18-28-51)52-29-19-14-20-30-52)31-23-33-63(67)76(55-36-38-58(39-37-55)79(9,10)11)65-47-57(48-66(77)69(65)75)78-62-40-35-50(49-25-15-12-16-26-49)43-61(62)72(7)41-21-22-42-73(72,78)8/h12-20,23-40,43-48,79H,21-22,41-42H2,1-11H3/q-1. The number of rotatable bonds is 7. The molecule has 9 aromatic rings. The van der Waals surface area contributed by atoms with E-state index >= 15 is 0 Å². The van der Waals surface area contributed by atoms with Crippen molar-refractivity contribution in [3.05, 3.63) is 239 Å². The molecule has 0 aromatic heterocycles. The summed E-state index contributed by atoms with van der Waals surface area (Å²) >= 11 is 0. The van der Waals surface area contributed by atoms with E-state index in [1.165, 1.54) is 130 Å². The van der Waals surface area contributed by atoms with E-state index in [0.29, 0.717) is 0 Å². The predicted octanol–water partition coefficient (Wildman–Crippen LogP) is 16.7. The van der Waals surface area contributed by atoms with Gasteiger partial charge in [-0.15, -0.1) is 0 Å². The van der Waals surface area contributed by atoms with Gasteiger partial charge in [0.2, 0.25) is 0 Å². The monoisotopic (exact) mass is 1040 g/mol. The van der Waals surface area contributed by atoms with Crippen LogP contribution in [0, 0.1) is 0 Å². The van der Waals surface area contributed by atoms with E-state index in [4.69, 9.17) is 0 Å². The van der Waals surface area contributed by atoms with Gasteiger partial charge in [0.25, 0.3) is 0 Å². The summed E-state index contributed by atoms with van der Waals surface area (Å²) in [4.78, 5) is 8.25. The summed E-state index contributed by atoms with van der Waals surface area (Å²) in [6.07, 6.45) is 4.70. The maximum absolute atomic E-state index is 2.83. The van der Waals surface area contributed by atoms with Crippen molar-refractivity contribution >= 4 is 81.9 Å². The van der Waals surface area contributed by atoms with Crippen molar-refractivity contribution in [2.75, 3.05) is 14.7 Å². The van der Waals surface area contributed by atoms with E-state index in [1.54, 1.807) is 0 Å². The molecule has 394 valence electrons. The third-order valence-electron chi connectivity index (χ3n) is 19.9. The molecule has 3 nitrogen and oxygen atoms in total. The van der Waals surface area contributed by atoms with Gasteiger partial charge in [0.1, 0.15) is 0 Å². The van der Waals surface area contributed by atoms with Gasteiger partial charge in [-0.2, -0.15) is 0 Å². The van der Waals surface area contributed by atoms with Crippen LogP contribution in [0.25, 0.3) is 11.1 Å². The van der Waals surface area contributed by atoms with Gasteiger partial charge in [-0.3, -0.25) is 0 Å². The van der Waals surface area contributed by atoms with E-state index < -0.39 is 13.5 Å². The number of benzene rings is 9. The molecule has 5 aliphatic rings. The van der Waals surface area contributed by atoms with Crippen molar-refractivity contribution < 1.29 is 0 Å². The molecule has 9 aromatic carbocycles. The average molecular weight is 1050 g/mol. The summed E-state index contributed by atoms with van der Waals surface area (Å²) < 4.78 is 0. The summed E-state index contributed by atoms with van der Waals surface area (Å²) in [7, 11) is -1.96. The summed E-state index contributed by atoms with van der Waals surface area (Å²) in [5.74, 6) is 0. The molecule has 0 N–H and O–H groups in total. The van der Waals surface area contributed by atoms with Gasteiger partial charge < -0.3 is 0 Å². The van der Waals surface area contributed by atoms with Crippen molar-refractivity contribution in [1.82, 2.24) is 0 Å². The summed E-state index contributed by atoms with van der Waals surface area (Å²) in [5, 5.41) is 1.50. The molecular weight excluding hydrogens is 970 g/mol. The molecule has 0 bridgehead atoms. The van der Waals surface area contributed by atoms with Gasteiger partial charge in [-0.25, -0.2) is 0 Å². The van der Waals surface area contributed by atoms with E-state index in [9.17, 15) is 0 Å². The number of hydrogen-bond donors (Lipinski definition) is 0. The van der Waals surface area contributed by atoms with E-state index in [-0.39, 0.29) is 28.5 Å². The molecule has 14 rings (SSSR count). The van der Waals surface area contributed by atoms with Crippen LogP contribution in [0.3, 0.4) is 0 Å². The predicted molar refractivity (Wildman–Crippen MR) is 342 cm³/mol. The molecule has 0 amide bonds. The number of fused-ring (bicyclic) bond motifs is 3. The molecule has 1 aliphatic carbocycles. The first kappa shape index (κ1) is 49.9. The van der Waals surface area contributed by atoms with Gasteiger partial charge in [-0.05, 0) is 22.0 Å². The molecule has 5 heteroatoms. The molecule has 4 aliphatic heterocycles. The van der Waals surface area contributed by atoms with Crippen LogP contribution in [-0.2, 0) is 21.7 Å². The van der Waals surface area contributed by atoms with Crippen LogP contribution in [0.15, 0.2) is 200 Å². The van der Waals surface area contributed by atoms with Gasteiger partial charge in [0, 0.05) is 0 Å². The molecule has 1 fully saturated rings. The minimum Gasteiger partial charge on any atom is -0.0561 e. The Bertz CT molecular complexity index is 3830. The van der Waals surface area contributed by atoms with Crippen molar-refractivity contribution in [3.63, 3.8) is 0 Å². The van der Waals surface area contributed by atoms with Crippen LogP contribution < -0.4 is 36.3 Å². The van der Waals surface area contributed by atoms with E-state index in [1.807, 2.05) is 0 Å². The fourth-order valence-corrected chi connectivity index (χ4v) is 16.8. The number of hydrogen-bond acceptors (Lipinski definition) is 3. The normalized spacial score (nSPS) is 19.7. The molecule has 2 unspecified atom stereocenters. The third-order valence-corrected chi connectivity index (χ3v) is 22.3. The zero-order valence-electron chi connectivity index (χ0n) is 48.4. The molecule has 0 saturated heterocycles. The van der Waals surface area contributed by atoms with Crippen molar-refractivity contribution in [2.24, 2.45) is 0 Å². The quantitative estimate of drug-likeness (QED) is 0.147. The Balaban J connectivity index is 1.14. The minimum absolute atomic E-state index is 0.0325. The van der Waals surface area contributed by atoms with Crippen molar-refractivity contribution in [2.45, 2.75) is 128 Å². The summed E-state index contributed by atoms with van der Waals surface area (Å²) in [6, 6.07) is 78.5. The molecular formula is C74H75BN3Si-. The second-order valence-electron chi connectivity index (χ2n) is 27.7. The van der Waals surface area contributed by atoms with Crippen molar-refractivity contribution in [3.8, 4) is 11.1 Å². The van der Waals surface area contributed by atoms with E-state index in [0.717, 1.165) is 12.8 Å². The van der Waals surface area contributed by atoms with Crippen LogP contribution in [-0.4, -0.2) is 20.3 Å². The topological polar surface area (TPSA) is 9.72 Å². The Labute approximate surface area is 472 Å². The van der Waals surface area contributed by atoms with Crippen LogP contribution >= 0.6 is 0 Å². The summed E-state index contributed by atoms with van der Waals surface area (Å²) in [5.41, 5.74) is 25.2. The minimum atomic E-state index is -1.96. The molecule has 0 radical (unpaired) electrons. The third kappa shape index (κ3) is 7.16. The molecule has 0 spiro atoms. The number of nitrogens with zero attached hydrogens (tertiary/aromatic N) is 3. The first-order chi connectivity index (χ1) is 37.8. The Morgan fingerprint density at radius 2 is 0.937 bits per heavy atom.